The Kier molecular flexibility index (Phi) is 6.16. The van der Waals surface area contributed by atoms with E-state index < -0.39 is 5.82 Å². The van der Waals surface area contributed by atoms with Gasteiger partial charge in [-0.25, -0.2) is 9.07 Å². The van der Waals surface area contributed by atoms with E-state index in [1.54, 1.807) is 19.2 Å². The zero-order chi connectivity index (χ0) is 19.9. The fourth-order valence-electron chi connectivity index (χ4n) is 2.72. The molecule has 0 bridgehead atoms. The van der Waals surface area contributed by atoms with E-state index in [1.807, 2.05) is 24.3 Å². The smallest absolute Gasteiger partial charge is 0.266 e. The number of methoxy groups -OCH3 is 1. The van der Waals surface area contributed by atoms with Gasteiger partial charge in [-0.1, -0.05) is 18.2 Å². The van der Waals surface area contributed by atoms with E-state index in [4.69, 9.17) is 4.74 Å². The number of nitrogens with zero attached hydrogens (tertiary/aromatic N) is 2. The zero-order valence-electron chi connectivity index (χ0n) is 15.4. The number of benzene rings is 2. The number of nitrogens with one attached hydrogen (secondary N) is 1. The monoisotopic (exact) mass is 381 g/mol. The van der Waals surface area contributed by atoms with E-state index in [1.165, 1.54) is 28.9 Å². The largest absolute Gasteiger partial charge is 0.497 e. The average molecular weight is 381 g/mol. The molecule has 6 nitrogen and oxygen atoms in total. The molecule has 1 aromatic heterocycles. The van der Waals surface area contributed by atoms with Crippen LogP contribution < -0.4 is 15.6 Å². The number of aromatic nitrogens is 2. The van der Waals surface area contributed by atoms with Crippen molar-refractivity contribution in [3.8, 4) is 17.0 Å². The maximum Gasteiger partial charge on any atom is 0.266 e. The summed E-state index contributed by atoms with van der Waals surface area (Å²) < 4.78 is 19.7. The summed E-state index contributed by atoms with van der Waals surface area (Å²) in [4.78, 5) is 24.1. The SMILES string of the molecule is COc1cccc(-c2ccc(=O)n(CCCC(=O)Nc3cccc(F)c3)n2)c1. The summed E-state index contributed by atoms with van der Waals surface area (Å²) in [5, 5.41) is 7.01. The van der Waals surface area contributed by atoms with Gasteiger partial charge in [0.2, 0.25) is 5.91 Å². The van der Waals surface area contributed by atoms with E-state index in [0.29, 0.717) is 30.1 Å². The van der Waals surface area contributed by atoms with Gasteiger partial charge in [-0.15, -0.1) is 0 Å². The number of aryl methyl sites for hydroxylation is 1. The molecule has 3 aromatic rings. The summed E-state index contributed by atoms with van der Waals surface area (Å²) >= 11 is 0. The van der Waals surface area contributed by atoms with Crippen LogP contribution in [0.25, 0.3) is 11.3 Å². The molecule has 0 spiro atoms. The minimum Gasteiger partial charge on any atom is -0.497 e. The van der Waals surface area contributed by atoms with E-state index in [-0.39, 0.29) is 17.9 Å². The molecular weight excluding hydrogens is 361 g/mol. The van der Waals surface area contributed by atoms with Gasteiger partial charge in [0.05, 0.1) is 12.8 Å². The quantitative estimate of drug-likeness (QED) is 0.680. The van der Waals surface area contributed by atoms with Crippen LogP contribution in [0.3, 0.4) is 0 Å². The standard InChI is InChI=1S/C21H20FN3O3/c1-28-18-8-2-5-15(13-18)19-10-11-21(27)25(24-19)12-4-9-20(26)23-17-7-3-6-16(22)14-17/h2-3,5-8,10-11,13-14H,4,9,12H2,1H3,(H,23,26). The van der Waals surface area contributed by atoms with Gasteiger partial charge in [0.25, 0.3) is 5.56 Å². The Hall–Kier alpha value is -3.48. The van der Waals surface area contributed by atoms with Crippen molar-refractivity contribution in [2.75, 3.05) is 12.4 Å². The van der Waals surface area contributed by atoms with Crippen molar-refractivity contribution in [2.45, 2.75) is 19.4 Å². The molecule has 7 heteroatoms. The molecule has 28 heavy (non-hydrogen) atoms. The predicted molar refractivity (Wildman–Crippen MR) is 105 cm³/mol. The van der Waals surface area contributed by atoms with Crippen molar-refractivity contribution in [3.63, 3.8) is 0 Å². The second kappa shape index (κ2) is 8.94. The van der Waals surface area contributed by atoms with Crippen LogP contribution in [-0.2, 0) is 11.3 Å². The topological polar surface area (TPSA) is 73.2 Å². The number of rotatable bonds is 7. The third-order valence-corrected chi connectivity index (χ3v) is 4.11. The molecule has 0 aliphatic rings. The Morgan fingerprint density at radius 3 is 2.75 bits per heavy atom. The van der Waals surface area contributed by atoms with Crippen LogP contribution in [0.5, 0.6) is 5.75 Å². The van der Waals surface area contributed by atoms with Crippen LogP contribution >= 0.6 is 0 Å². The zero-order valence-corrected chi connectivity index (χ0v) is 15.4. The minimum absolute atomic E-state index is 0.189. The first-order chi connectivity index (χ1) is 13.5. The summed E-state index contributed by atoms with van der Waals surface area (Å²) in [5.41, 5.74) is 1.64. The lowest BCUT2D eigenvalue weighted by Crippen LogP contribution is -2.23. The van der Waals surface area contributed by atoms with Crippen molar-refractivity contribution < 1.29 is 13.9 Å². The summed E-state index contributed by atoms with van der Waals surface area (Å²) in [6.07, 6.45) is 0.615. The molecule has 0 fully saturated rings. The molecule has 0 aliphatic carbocycles. The second-order valence-corrected chi connectivity index (χ2v) is 6.17. The van der Waals surface area contributed by atoms with E-state index >= 15 is 0 Å². The fraction of sp³-hybridized carbons (Fsp3) is 0.190. The molecule has 2 aromatic carbocycles. The van der Waals surface area contributed by atoms with Gasteiger partial charge < -0.3 is 10.1 Å². The molecule has 1 N–H and O–H groups in total. The number of carbonyl (C=O) groups excluding carboxylic acids is 1. The van der Waals surface area contributed by atoms with E-state index in [2.05, 4.69) is 10.4 Å². The first-order valence-corrected chi connectivity index (χ1v) is 8.83. The molecule has 0 unspecified atom stereocenters. The molecular formula is C21H20FN3O3. The maximum absolute atomic E-state index is 13.2. The Morgan fingerprint density at radius 1 is 1.14 bits per heavy atom. The van der Waals surface area contributed by atoms with E-state index in [0.717, 1.165) is 5.56 Å². The third kappa shape index (κ3) is 5.03. The van der Waals surface area contributed by atoms with Crippen LogP contribution in [0.1, 0.15) is 12.8 Å². The highest BCUT2D eigenvalue weighted by Gasteiger charge is 2.07. The Labute approximate surface area is 161 Å². The average Bonchev–Trinajstić information content (AvgIpc) is 2.69. The van der Waals surface area contributed by atoms with Gasteiger partial charge in [0.15, 0.2) is 0 Å². The summed E-state index contributed by atoms with van der Waals surface area (Å²) in [7, 11) is 1.59. The lowest BCUT2D eigenvalue weighted by atomic mass is 10.1. The fourth-order valence-corrected chi connectivity index (χ4v) is 2.72. The number of ether oxygens (including phenoxy) is 1. The highest BCUT2D eigenvalue weighted by Crippen LogP contribution is 2.21. The normalized spacial score (nSPS) is 10.5. The number of carbonyl (C=O) groups is 1. The molecule has 1 heterocycles. The first kappa shape index (κ1) is 19.3. The van der Waals surface area contributed by atoms with Gasteiger partial charge in [-0.2, -0.15) is 5.10 Å². The van der Waals surface area contributed by atoms with Gasteiger partial charge in [-0.3, -0.25) is 9.59 Å². The van der Waals surface area contributed by atoms with Gasteiger partial charge >= 0.3 is 0 Å². The third-order valence-electron chi connectivity index (χ3n) is 4.11. The first-order valence-electron chi connectivity index (χ1n) is 8.83. The number of anilines is 1. The lowest BCUT2D eigenvalue weighted by Gasteiger charge is -2.09. The number of amides is 1. The van der Waals surface area contributed by atoms with Gasteiger partial charge in [0, 0.05) is 30.3 Å². The summed E-state index contributed by atoms with van der Waals surface area (Å²) in [5.74, 6) is 0.0385. The second-order valence-electron chi connectivity index (χ2n) is 6.17. The number of hydrogen-bond acceptors (Lipinski definition) is 4. The molecule has 0 atom stereocenters. The Morgan fingerprint density at radius 2 is 1.96 bits per heavy atom. The molecule has 0 saturated carbocycles. The van der Waals surface area contributed by atoms with Crippen LogP contribution in [0.2, 0.25) is 0 Å². The van der Waals surface area contributed by atoms with Crippen molar-refractivity contribution >= 4 is 11.6 Å². The van der Waals surface area contributed by atoms with Crippen molar-refractivity contribution in [1.29, 1.82) is 0 Å². The highest BCUT2D eigenvalue weighted by atomic mass is 19.1. The van der Waals surface area contributed by atoms with Crippen molar-refractivity contribution in [3.05, 3.63) is 76.8 Å². The van der Waals surface area contributed by atoms with E-state index in [9.17, 15) is 14.0 Å². The number of hydrogen-bond donors (Lipinski definition) is 1. The number of halogens is 1. The van der Waals surface area contributed by atoms with Crippen molar-refractivity contribution in [2.24, 2.45) is 0 Å². The molecule has 0 radical (unpaired) electrons. The van der Waals surface area contributed by atoms with Crippen molar-refractivity contribution in [1.82, 2.24) is 9.78 Å². The minimum atomic E-state index is -0.414. The van der Waals surface area contributed by atoms with Crippen LogP contribution in [0, 0.1) is 5.82 Å². The van der Waals surface area contributed by atoms with Gasteiger partial charge in [-0.05, 0) is 42.8 Å². The molecule has 1 amide bonds. The molecule has 0 aliphatic heterocycles. The highest BCUT2D eigenvalue weighted by molar-refractivity contribution is 5.90. The maximum atomic E-state index is 13.2. The molecule has 3 rings (SSSR count). The van der Waals surface area contributed by atoms with Crippen LogP contribution in [-0.4, -0.2) is 22.8 Å². The molecule has 144 valence electrons. The van der Waals surface area contributed by atoms with Crippen LogP contribution in [0.15, 0.2) is 65.5 Å². The lowest BCUT2D eigenvalue weighted by molar-refractivity contribution is -0.116. The predicted octanol–water partition coefficient (Wildman–Crippen LogP) is 3.48. The Balaban J connectivity index is 1.62. The summed E-state index contributed by atoms with van der Waals surface area (Å²) in [6.45, 7) is 0.299. The Bertz CT molecular complexity index is 1030. The summed E-state index contributed by atoms with van der Waals surface area (Å²) in [6, 6.07) is 16.2. The van der Waals surface area contributed by atoms with Gasteiger partial charge in [0.1, 0.15) is 11.6 Å². The molecule has 0 saturated heterocycles. The van der Waals surface area contributed by atoms with Crippen LogP contribution in [0.4, 0.5) is 10.1 Å².